The van der Waals surface area contributed by atoms with Gasteiger partial charge in [0.05, 0.1) is 5.10 Å². The molecule has 0 saturated carbocycles. The predicted octanol–water partition coefficient (Wildman–Crippen LogP) is 2.62. The predicted molar refractivity (Wildman–Crippen MR) is 91.0 cm³/mol. The Morgan fingerprint density at radius 2 is 1.84 bits per heavy atom. The molecule has 1 N–H and O–H groups in total. The van der Waals surface area contributed by atoms with Crippen LogP contribution < -0.4 is 5.49 Å². The van der Waals surface area contributed by atoms with Crippen molar-refractivity contribution in [3.05, 3.63) is 80.8 Å². The molecule has 0 amide bonds. The van der Waals surface area contributed by atoms with Crippen LogP contribution in [0.15, 0.2) is 59.6 Å². The second-order valence-electron chi connectivity index (χ2n) is 5.18. The quantitative estimate of drug-likeness (QED) is 0.430. The molecule has 0 aliphatic rings. The van der Waals surface area contributed by atoms with E-state index in [2.05, 4.69) is 10.1 Å². The number of hydrogen-bond acceptors (Lipinski definition) is 5. The van der Waals surface area contributed by atoms with Crippen molar-refractivity contribution in [1.82, 2.24) is 14.7 Å². The second-order valence-corrected chi connectivity index (χ2v) is 5.61. The molecule has 3 rings (SSSR count). The van der Waals surface area contributed by atoms with Gasteiger partial charge in [-0.3, -0.25) is 4.99 Å². The fourth-order valence-electron chi connectivity index (χ4n) is 2.29. The molecular formula is C16H14ClN5O3. The molecule has 0 fully saturated rings. The van der Waals surface area contributed by atoms with E-state index < -0.39 is 10.7 Å². The lowest BCUT2D eigenvalue weighted by Crippen LogP contribution is -2.23. The van der Waals surface area contributed by atoms with E-state index in [-0.39, 0.29) is 12.0 Å². The van der Waals surface area contributed by atoms with Gasteiger partial charge in [0.2, 0.25) is 0 Å². The van der Waals surface area contributed by atoms with Gasteiger partial charge < -0.3 is 15.3 Å². The minimum absolute atomic E-state index is 0.212. The summed E-state index contributed by atoms with van der Waals surface area (Å²) in [5, 5.41) is 25.8. The van der Waals surface area contributed by atoms with E-state index in [9.17, 15) is 15.3 Å². The maximum absolute atomic E-state index is 11.2. The molecule has 1 aromatic heterocycles. The van der Waals surface area contributed by atoms with Gasteiger partial charge in [-0.05, 0) is 46.0 Å². The maximum atomic E-state index is 11.2. The van der Waals surface area contributed by atoms with Gasteiger partial charge >= 0.3 is 5.82 Å². The van der Waals surface area contributed by atoms with Crippen LogP contribution in [0.1, 0.15) is 5.56 Å². The summed E-state index contributed by atoms with van der Waals surface area (Å²) in [5.74, 6) is -0.523. The Hall–Kier alpha value is -3.13. The smallest absolute Gasteiger partial charge is 0.409 e. The average molecular weight is 360 g/mol. The van der Waals surface area contributed by atoms with E-state index in [0.29, 0.717) is 22.0 Å². The van der Waals surface area contributed by atoms with Gasteiger partial charge in [0.15, 0.2) is 0 Å². The fourth-order valence-corrected chi connectivity index (χ4v) is 2.41. The highest BCUT2D eigenvalue weighted by atomic mass is 35.5. The van der Waals surface area contributed by atoms with E-state index >= 15 is 0 Å². The molecule has 0 saturated heterocycles. The standard InChI is InChI=1S/C16H14ClN5O3/c17-13-6-8-14(9-7-13)20-19-16(22(24)25)15(21(20)23)18-11-10-12-4-2-1-3-5-12/h1-9,23H,10-11H2. The van der Waals surface area contributed by atoms with Gasteiger partial charge in [-0.15, -0.1) is 0 Å². The van der Waals surface area contributed by atoms with Crippen molar-refractivity contribution in [3.63, 3.8) is 0 Å². The van der Waals surface area contributed by atoms with Crippen molar-refractivity contribution in [2.45, 2.75) is 6.42 Å². The molecule has 25 heavy (non-hydrogen) atoms. The maximum Gasteiger partial charge on any atom is 0.438 e. The zero-order chi connectivity index (χ0) is 17.8. The van der Waals surface area contributed by atoms with E-state index in [0.717, 1.165) is 10.4 Å². The van der Waals surface area contributed by atoms with Crippen molar-refractivity contribution in [3.8, 4) is 5.69 Å². The topological polar surface area (TPSA) is 98.5 Å². The molecule has 0 bridgehead atoms. The summed E-state index contributed by atoms with van der Waals surface area (Å²) in [5.41, 5.74) is 1.25. The average Bonchev–Trinajstić information content (AvgIpc) is 2.94. The van der Waals surface area contributed by atoms with Crippen LogP contribution >= 0.6 is 11.6 Å². The highest BCUT2D eigenvalue weighted by Gasteiger charge is 2.23. The van der Waals surface area contributed by atoms with Crippen molar-refractivity contribution >= 4 is 17.4 Å². The van der Waals surface area contributed by atoms with Crippen LogP contribution in [0.5, 0.6) is 0 Å². The third-order valence-corrected chi connectivity index (χ3v) is 3.75. The van der Waals surface area contributed by atoms with Gasteiger partial charge in [0.1, 0.15) is 5.69 Å². The molecule has 0 aliphatic heterocycles. The number of aromatic nitrogens is 3. The van der Waals surface area contributed by atoms with Crippen LogP contribution in [0, 0.1) is 10.1 Å². The van der Waals surface area contributed by atoms with Gasteiger partial charge in [0, 0.05) is 11.6 Å². The number of nitro groups is 1. The van der Waals surface area contributed by atoms with Crippen LogP contribution in [0.25, 0.3) is 5.69 Å². The summed E-state index contributed by atoms with van der Waals surface area (Å²) in [7, 11) is 0. The normalized spacial score (nSPS) is 11.6. The molecule has 0 atom stereocenters. The van der Waals surface area contributed by atoms with Crippen LogP contribution in [-0.4, -0.2) is 31.4 Å². The highest BCUT2D eigenvalue weighted by molar-refractivity contribution is 6.30. The third-order valence-electron chi connectivity index (χ3n) is 3.49. The summed E-state index contributed by atoms with van der Waals surface area (Å²) in [6, 6.07) is 15.9. The first-order valence-electron chi connectivity index (χ1n) is 7.42. The molecule has 3 aromatic rings. The highest BCUT2D eigenvalue weighted by Crippen LogP contribution is 2.13. The Labute approximate surface area is 147 Å². The molecule has 0 spiro atoms. The largest absolute Gasteiger partial charge is 0.438 e. The zero-order valence-corrected chi connectivity index (χ0v) is 13.7. The molecule has 1 heterocycles. The Kier molecular flexibility index (Phi) is 4.80. The molecule has 9 heteroatoms. The van der Waals surface area contributed by atoms with Crippen molar-refractivity contribution in [2.75, 3.05) is 6.54 Å². The monoisotopic (exact) mass is 359 g/mol. The van der Waals surface area contributed by atoms with E-state index in [1.165, 1.54) is 0 Å². The first-order valence-corrected chi connectivity index (χ1v) is 7.80. The Morgan fingerprint density at radius 1 is 1.16 bits per heavy atom. The molecule has 8 nitrogen and oxygen atoms in total. The number of rotatable bonds is 5. The van der Waals surface area contributed by atoms with Crippen LogP contribution in [-0.2, 0) is 6.42 Å². The molecule has 0 aliphatic carbocycles. The lowest BCUT2D eigenvalue weighted by molar-refractivity contribution is -0.391. The lowest BCUT2D eigenvalue weighted by atomic mass is 10.2. The van der Waals surface area contributed by atoms with Crippen LogP contribution in [0.4, 0.5) is 5.82 Å². The number of halogens is 1. The second kappa shape index (κ2) is 7.18. The molecule has 0 radical (unpaired) electrons. The summed E-state index contributed by atoms with van der Waals surface area (Å²) in [4.78, 5) is 16.3. The van der Waals surface area contributed by atoms with Crippen molar-refractivity contribution < 1.29 is 10.1 Å². The SMILES string of the molecule is O=[N+]([O-])c1nn(-c2ccc(Cl)cc2)n(O)c1=NCCc1ccccc1. The minimum atomic E-state index is -0.680. The van der Waals surface area contributed by atoms with E-state index in [1.807, 2.05) is 30.3 Å². The van der Waals surface area contributed by atoms with E-state index in [4.69, 9.17) is 11.6 Å². The zero-order valence-electron chi connectivity index (χ0n) is 13.0. The molecular weight excluding hydrogens is 346 g/mol. The van der Waals surface area contributed by atoms with Crippen LogP contribution in [0.3, 0.4) is 0 Å². The Balaban J connectivity index is 1.96. The first kappa shape index (κ1) is 16.7. The van der Waals surface area contributed by atoms with E-state index in [1.54, 1.807) is 24.3 Å². The van der Waals surface area contributed by atoms with Crippen molar-refractivity contribution in [2.24, 2.45) is 4.99 Å². The Bertz CT molecular complexity index is 948. The van der Waals surface area contributed by atoms with Gasteiger partial charge in [-0.1, -0.05) is 46.8 Å². The number of benzene rings is 2. The number of nitrogens with zero attached hydrogens (tertiary/aromatic N) is 5. The van der Waals surface area contributed by atoms with Gasteiger partial charge in [-0.2, -0.15) is 0 Å². The minimum Gasteiger partial charge on any atom is -0.409 e. The lowest BCUT2D eigenvalue weighted by Gasteiger charge is -2.00. The summed E-state index contributed by atoms with van der Waals surface area (Å²) in [6.45, 7) is 0.276. The third kappa shape index (κ3) is 3.69. The van der Waals surface area contributed by atoms with Gasteiger partial charge in [0.25, 0.3) is 5.49 Å². The molecule has 128 valence electrons. The van der Waals surface area contributed by atoms with Gasteiger partial charge in [-0.25, -0.2) is 0 Å². The fraction of sp³-hybridized carbons (Fsp3) is 0.125. The van der Waals surface area contributed by atoms with Crippen LogP contribution in [0.2, 0.25) is 5.02 Å². The Morgan fingerprint density at radius 3 is 2.48 bits per heavy atom. The van der Waals surface area contributed by atoms with Crippen molar-refractivity contribution in [1.29, 1.82) is 0 Å². The summed E-state index contributed by atoms with van der Waals surface area (Å²) < 4.78 is 0. The number of hydrogen-bond donors (Lipinski definition) is 1. The summed E-state index contributed by atoms with van der Waals surface area (Å²) in [6.07, 6.45) is 0.587. The summed E-state index contributed by atoms with van der Waals surface area (Å²) >= 11 is 5.83. The molecule has 0 unspecified atom stereocenters. The molecule has 2 aromatic carbocycles. The first-order chi connectivity index (χ1) is 12.1.